The first-order chi connectivity index (χ1) is 13.8. The lowest BCUT2D eigenvalue weighted by molar-refractivity contribution is 0.504. The van der Waals surface area contributed by atoms with E-state index in [0.717, 1.165) is 11.1 Å². The highest BCUT2D eigenvalue weighted by Crippen LogP contribution is 2.40. The van der Waals surface area contributed by atoms with Crippen molar-refractivity contribution in [3.05, 3.63) is 106 Å². The third-order valence-corrected chi connectivity index (χ3v) is 6.65. The van der Waals surface area contributed by atoms with Gasteiger partial charge in [-0.2, -0.15) is 0 Å². The molecule has 2 nitrogen and oxygen atoms in total. The molecule has 5 heteroatoms. The fraction of sp³-hybridized carbons (Fsp3) is 0.250. The molecule has 0 aliphatic heterocycles. The second-order valence-corrected chi connectivity index (χ2v) is 10.3. The van der Waals surface area contributed by atoms with Gasteiger partial charge in [0, 0.05) is 22.3 Å². The zero-order chi connectivity index (χ0) is 21.0. The van der Waals surface area contributed by atoms with E-state index in [4.69, 9.17) is 11.6 Å². The Bertz CT molecular complexity index is 891. The smallest absolute Gasteiger partial charge is 0.136 e. The molecule has 0 aromatic heterocycles. The molecular weight excluding hydrogens is 405 g/mol. The summed E-state index contributed by atoms with van der Waals surface area (Å²) in [6, 6.07) is 24.0. The minimum Gasteiger partial charge on any atom is -0.598 e. The highest BCUT2D eigenvalue weighted by Gasteiger charge is 2.36. The largest absolute Gasteiger partial charge is 0.598 e. The number of hydrogen-bond acceptors (Lipinski definition) is 2. The third-order valence-electron chi connectivity index (χ3n) is 4.74. The Balaban J connectivity index is 2.17. The van der Waals surface area contributed by atoms with E-state index in [1.54, 1.807) is 6.07 Å². The summed E-state index contributed by atoms with van der Waals surface area (Å²) in [5.41, 5.74) is 2.83. The van der Waals surface area contributed by atoms with Crippen molar-refractivity contribution in [1.29, 1.82) is 0 Å². The highest BCUT2D eigenvalue weighted by molar-refractivity contribution is 7.90. The van der Waals surface area contributed by atoms with Crippen LogP contribution in [0.3, 0.4) is 0 Å². The maximum atomic E-state index is 13.7. The number of nitrogens with one attached hydrogen (secondary N) is 1. The molecule has 0 amide bonds. The van der Waals surface area contributed by atoms with Crippen molar-refractivity contribution >= 4 is 23.0 Å². The van der Waals surface area contributed by atoms with E-state index in [9.17, 15) is 8.94 Å². The molecule has 0 aliphatic rings. The van der Waals surface area contributed by atoms with E-state index in [2.05, 4.69) is 4.72 Å². The Morgan fingerprint density at radius 2 is 1.41 bits per heavy atom. The maximum Gasteiger partial charge on any atom is 0.136 e. The first kappa shape index (κ1) is 21.8. The Morgan fingerprint density at radius 3 is 1.86 bits per heavy atom. The van der Waals surface area contributed by atoms with Crippen LogP contribution in [0.2, 0.25) is 5.02 Å². The van der Waals surface area contributed by atoms with Gasteiger partial charge in [0.05, 0.1) is 6.04 Å². The quantitative estimate of drug-likeness (QED) is 0.460. The van der Waals surface area contributed by atoms with Crippen LogP contribution in [0, 0.1) is 5.82 Å². The molecule has 0 spiro atoms. The molecule has 2 unspecified atom stereocenters. The van der Waals surface area contributed by atoms with Crippen molar-refractivity contribution in [3.8, 4) is 0 Å². The summed E-state index contributed by atoms with van der Waals surface area (Å²) in [5.74, 6) is -0.558. The van der Waals surface area contributed by atoms with Gasteiger partial charge in [-0.1, -0.05) is 78.3 Å². The monoisotopic (exact) mass is 429 g/mol. The van der Waals surface area contributed by atoms with E-state index in [1.807, 2.05) is 81.4 Å². The van der Waals surface area contributed by atoms with Gasteiger partial charge in [-0.05, 0) is 49.6 Å². The number of halogens is 2. The fourth-order valence-electron chi connectivity index (χ4n) is 3.26. The Morgan fingerprint density at radius 1 is 0.897 bits per heavy atom. The van der Waals surface area contributed by atoms with Crippen molar-refractivity contribution in [2.45, 2.75) is 37.5 Å². The summed E-state index contributed by atoms with van der Waals surface area (Å²) in [7, 11) is 0. The van der Waals surface area contributed by atoms with E-state index in [-0.39, 0.29) is 5.92 Å². The van der Waals surface area contributed by atoms with Gasteiger partial charge in [0.25, 0.3) is 0 Å². The molecule has 3 aromatic rings. The van der Waals surface area contributed by atoms with Crippen LogP contribution < -0.4 is 4.72 Å². The first-order valence-corrected chi connectivity index (χ1v) is 11.0. The molecule has 0 bridgehead atoms. The molecule has 152 valence electrons. The molecule has 0 fully saturated rings. The average molecular weight is 430 g/mol. The number of hydrogen-bond donors (Lipinski definition) is 1. The van der Waals surface area contributed by atoms with Gasteiger partial charge in [0.15, 0.2) is 0 Å². The second-order valence-electron chi connectivity index (χ2n) is 7.94. The SMILES string of the molecule is CC(C)(C)[S+]([O-])NC(c1ccc(F)cc1Cl)C(c1ccccc1)c1ccccc1. The topological polar surface area (TPSA) is 35.1 Å². The molecule has 0 saturated carbocycles. The van der Waals surface area contributed by atoms with Gasteiger partial charge in [-0.3, -0.25) is 0 Å². The molecule has 0 aliphatic carbocycles. The average Bonchev–Trinajstić information content (AvgIpc) is 2.68. The van der Waals surface area contributed by atoms with E-state index < -0.39 is 28.0 Å². The summed E-state index contributed by atoms with van der Waals surface area (Å²) in [6.45, 7) is 5.75. The lowest BCUT2D eigenvalue weighted by atomic mass is 9.82. The molecule has 0 radical (unpaired) electrons. The van der Waals surface area contributed by atoms with Gasteiger partial charge in [-0.15, -0.1) is 4.72 Å². The first-order valence-electron chi connectivity index (χ1n) is 9.50. The molecular formula is C24H25ClFNOS. The molecule has 29 heavy (non-hydrogen) atoms. The van der Waals surface area contributed by atoms with E-state index in [1.165, 1.54) is 12.1 Å². The molecule has 3 rings (SSSR count). The Kier molecular flexibility index (Phi) is 7.01. The third kappa shape index (κ3) is 5.40. The van der Waals surface area contributed by atoms with Crippen LogP contribution >= 0.6 is 11.6 Å². The van der Waals surface area contributed by atoms with Gasteiger partial charge in [-0.25, -0.2) is 4.39 Å². The normalized spacial score (nSPS) is 14.0. The zero-order valence-corrected chi connectivity index (χ0v) is 18.3. The van der Waals surface area contributed by atoms with Crippen molar-refractivity contribution in [2.75, 3.05) is 0 Å². The molecule has 0 heterocycles. The lowest BCUT2D eigenvalue weighted by Gasteiger charge is -2.33. The van der Waals surface area contributed by atoms with Crippen molar-refractivity contribution < 1.29 is 8.94 Å². The fourth-order valence-corrected chi connectivity index (χ4v) is 4.39. The second kappa shape index (κ2) is 9.31. The van der Waals surface area contributed by atoms with E-state index >= 15 is 0 Å². The number of benzene rings is 3. The standard InChI is InChI=1S/C24H25ClFNOS/c1-24(2,3)29(28)27-23(20-15-14-19(26)16-21(20)25)22(17-10-6-4-7-11-17)18-12-8-5-9-13-18/h4-16,22-23,27H,1-3H3. The van der Waals surface area contributed by atoms with Gasteiger partial charge >= 0.3 is 0 Å². The van der Waals surface area contributed by atoms with Crippen LogP contribution in [-0.2, 0) is 11.4 Å². The minimum atomic E-state index is -1.35. The zero-order valence-electron chi connectivity index (χ0n) is 16.7. The summed E-state index contributed by atoms with van der Waals surface area (Å²) in [5, 5.41) is 0.310. The summed E-state index contributed by atoms with van der Waals surface area (Å²) in [6.07, 6.45) is 0. The summed E-state index contributed by atoms with van der Waals surface area (Å²) >= 11 is 5.11. The summed E-state index contributed by atoms with van der Waals surface area (Å²) in [4.78, 5) is 0. The van der Waals surface area contributed by atoms with Crippen LogP contribution in [0.4, 0.5) is 4.39 Å². The number of rotatable bonds is 6. The predicted molar refractivity (Wildman–Crippen MR) is 120 cm³/mol. The van der Waals surface area contributed by atoms with Crippen molar-refractivity contribution in [3.63, 3.8) is 0 Å². The van der Waals surface area contributed by atoms with Crippen LogP contribution in [0.15, 0.2) is 78.9 Å². The maximum absolute atomic E-state index is 13.7. The van der Waals surface area contributed by atoms with Crippen LogP contribution in [0.5, 0.6) is 0 Å². The Hall–Kier alpha value is -1.85. The van der Waals surface area contributed by atoms with Gasteiger partial charge < -0.3 is 4.55 Å². The van der Waals surface area contributed by atoms with Gasteiger partial charge in [0.1, 0.15) is 10.6 Å². The van der Waals surface area contributed by atoms with Gasteiger partial charge in [0.2, 0.25) is 0 Å². The van der Waals surface area contributed by atoms with Crippen LogP contribution in [0.1, 0.15) is 49.4 Å². The lowest BCUT2D eigenvalue weighted by Crippen LogP contribution is -2.43. The predicted octanol–water partition coefficient (Wildman–Crippen LogP) is 6.40. The van der Waals surface area contributed by atoms with Crippen molar-refractivity contribution in [2.24, 2.45) is 0 Å². The Labute approximate surface area is 180 Å². The minimum absolute atomic E-state index is 0.160. The van der Waals surface area contributed by atoms with Crippen molar-refractivity contribution in [1.82, 2.24) is 4.72 Å². The van der Waals surface area contributed by atoms with Crippen LogP contribution in [-0.4, -0.2) is 9.30 Å². The summed E-state index contributed by atoms with van der Waals surface area (Å²) < 4.78 is 29.6. The molecule has 0 saturated heterocycles. The van der Waals surface area contributed by atoms with E-state index in [0.29, 0.717) is 10.6 Å². The van der Waals surface area contributed by atoms with Crippen LogP contribution in [0.25, 0.3) is 0 Å². The highest BCUT2D eigenvalue weighted by atomic mass is 35.5. The molecule has 3 aromatic carbocycles. The molecule has 2 atom stereocenters. The molecule has 1 N–H and O–H groups in total.